The summed E-state index contributed by atoms with van der Waals surface area (Å²) in [7, 11) is 1.96. The van der Waals surface area contributed by atoms with Crippen molar-refractivity contribution in [1.29, 1.82) is 0 Å². The molecule has 0 aromatic carbocycles. The van der Waals surface area contributed by atoms with Gasteiger partial charge in [-0.15, -0.1) is 0 Å². The minimum atomic E-state index is 0.597. The number of aromatic nitrogens is 2. The number of nitrogens with zero attached hydrogens (tertiary/aromatic N) is 1. The predicted molar refractivity (Wildman–Crippen MR) is 30.0 cm³/mol. The van der Waals surface area contributed by atoms with E-state index in [1.165, 1.54) is 0 Å². The molecule has 0 spiro atoms. The van der Waals surface area contributed by atoms with Gasteiger partial charge >= 0.3 is 0 Å². The Bertz CT molecular complexity index is 167. The molecule has 0 aliphatic heterocycles. The van der Waals surface area contributed by atoms with Crippen LogP contribution in [0.4, 0.5) is 0 Å². The first-order valence-electron chi connectivity index (χ1n) is 2.56. The molecule has 0 unspecified atom stereocenters. The van der Waals surface area contributed by atoms with Gasteiger partial charge in [0.25, 0.3) is 0 Å². The molecule has 2 radical (unpaired) electrons. The van der Waals surface area contributed by atoms with Gasteiger partial charge < -0.3 is 0 Å². The first-order chi connectivity index (χ1) is 3.84. The van der Waals surface area contributed by atoms with Crippen molar-refractivity contribution < 1.29 is 4.57 Å². The van der Waals surface area contributed by atoms with Gasteiger partial charge in [0.2, 0.25) is 6.33 Å². The maximum absolute atomic E-state index is 5.35. The summed E-state index contributed by atoms with van der Waals surface area (Å²) >= 11 is 0. The van der Waals surface area contributed by atoms with Crippen LogP contribution in [0.5, 0.6) is 0 Å². The van der Waals surface area contributed by atoms with Crippen molar-refractivity contribution in [2.45, 2.75) is 6.42 Å². The van der Waals surface area contributed by atoms with E-state index in [9.17, 15) is 0 Å². The lowest BCUT2D eigenvalue weighted by Gasteiger charge is -1.84. The Labute approximate surface area is 49.2 Å². The fraction of sp³-hybridized carbons (Fsp3) is 0.333. The van der Waals surface area contributed by atoms with Gasteiger partial charge in [-0.2, -0.15) is 0 Å². The van der Waals surface area contributed by atoms with Crippen molar-refractivity contribution in [3.8, 4) is 0 Å². The number of aryl methyl sites for hydroxylation is 1. The minimum Gasteiger partial charge on any atom is -0.250 e. The molecule has 0 aliphatic carbocycles. The maximum atomic E-state index is 5.35. The van der Waals surface area contributed by atoms with E-state index in [2.05, 4.69) is 4.98 Å². The zero-order valence-corrected chi connectivity index (χ0v) is 4.89. The van der Waals surface area contributed by atoms with Gasteiger partial charge in [-0.25, -0.2) is 9.55 Å². The molecular formula is C6H9N2+. The van der Waals surface area contributed by atoms with Crippen molar-refractivity contribution >= 4 is 0 Å². The Morgan fingerprint density at radius 3 is 2.88 bits per heavy atom. The summed E-state index contributed by atoms with van der Waals surface area (Å²) < 4.78 is 1.96. The fourth-order valence-corrected chi connectivity index (χ4v) is 0.633. The predicted octanol–water partition coefficient (Wildman–Crippen LogP) is 0.0928. The summed E-state index contributed by atoms with van der Waals surface area (Å²) in [5.41, 5.74) is 1.12. The van der Waals surface area contributed by atoms with Crippen molar-refractivity contribution in [2.24, 2.45) is 7.05 Å². The van der Waals surface area contributed by atoms with Crippen LogP contribution in [0.25, 0.3) is 0 Å². The van der Waals surface area contributed by atoms with E-state index >= 15 is 0 Å². The second-order valence-electron chi connectivity index (χ2n) is 1.75. The van der Waals surface area contributed by atoms with Crippen LogP contribution < -0.4 is 4.57 Å². The van der Waals surface area contributed by atoms with Crippen LogP contribution in [0.2, 0.25) is 0 Å². The summed E-state index contributed by atoms with van der Waals surface area (Å²) in [6, 6.07) is 0. The first-order valence-corrected chi connectivity index (χ1v) is 2.56. The Morgan fingerprint density at radius 1 is 1.88 bits per heavy atom. The third-order valence-corrected chi connectivity index (χ3v) is 1.18. The Morgan fingerprint density at radius 2 is 2.62 bits per heavy atom. The van der Waals surface area contributed by atoms with Crippen LogP contribution in [0.3, 0.4) is 0 Å². The molecule has 0 aliphatic rings. The molecule has 0 amide bonds. The van der Waals surface area contributed by atoms with E-state index in [-0.39, 0.29) is 0 Å². The number of nitrogens with one attached hydrogen (secondary N) is 1. The van der Waals surface area contributed by atoms with Crippen molar-refractivity contribution in [3.05, 3.63) is 25.1 Å². The molecule has 1 aromatic rings. The van der Waals surface area contributed by atoms with Crippen LogP contribution in [0.1, 0.15) is 5.69 Å². The molecule has 0 bridgehead atoms. The van der Waals surface area contributed by atoms with E-state index in [1.807, 2.05) is 24.1 Å². The zero-order chi connectivity index (χ0) is 5.98. The third kappa shape index (κ3) is 0.735. The van der Waals surface area contributed by atoms with Gasteiger partial charge in [0.15, 0.2) is 0 Å². The highest BCUT2D eigenvalue weighted by atomic mass is 15.0. The zero-order valence-electron chi connectivity index (χ0n) is 4.89. The molecule has 8 heavy (non-hydrogen) atoms. The molecular weight excluding hydrogens is 100 g/mol. The van der Waals surface area contributed by atoms with Gasteiger partial charge in [-0.3, -0.25) is 0 Å². The highest BCUT2D eigenvalue weighted by Gasteiger charge is 1.98. The quantitative estimate of drug-likeness (QED) is 0.493. The standard InChI is InChI=1S/C6H8N2/c1-3-6-4-7-5-8(6)2/h1,4-5H,3H2,2H3/p+1. The molecule has 1 aromatic heterocycles. The Kier molecular flexibility index (Phi) is 1.33. The third-order valence-electron chi connectivity index (χ3n) is 1.18. The van der Waals surface area contributed by atoms with E-state index in [0.717, 1.165) is 5.69 Å². The van der Waals surface area contributed by atoms with E-state index in [0.29, 0.717) is 6.42 Å². The summed E-state index contributed by atoms with van der Waals surface area (Å²) in [6.07, 6.45) is 4.35. The summed E-state index contributed by atoms with van der Waals surface area (Å²) in [5, 5.41) is 0. The van der Waals surface area contributed by atoms with E-state index < -0.39 is 0 Å². The molecule has 0 saturated carbocycles. The molecule has 2 heteroatoms. The lowest BCUT2D eigenvalue weighted by molar-refractivity contribution is -0.677. The van der Waals surface area contributed by atoms with E-state index in [1.54, 1.807) is 0 Å². The molecule has 1 rings (SSSR count). The number of hydrogen-bond donors (Lipinski definition) is 1. The summed E-state index contributed by atoms with van der Waals surface area (Å²) in [5.74, 6) is 0. The van der Waals surface area contributed by atoms with Crippen molar-refractivity contribution in [2.75, 3.05) is 0 Å². The average molecular weight is 109 g/mol. The van der Waals surface area contributed by atoms with Crippen molar-refractivity contribution in [3.63, 3.8) is 0 Å². The van der Waals surface area contributed by atoms with Gasteiger partial charge in [0, 0.05) is 6.42 Å². The highest BCUT2D eigenvalue weighted by Crippen LogP contribution is 1.85. The average Bonchev–Trinajstić information content (AvgIpc) is 2.14. The van der Waals surface area contributed by atoms with Gasteiger partial charge in [-0.1, -0.05) is 0 Å². The van der Waals surface area contributed by atoms with Crippen LogP contribution in [0.15, 0.2) is 12.5 Å². The number of aromatic amines is 1. The van der Waals surface area contributed by atoms with E-state index in [4.69, 9.17) is 6.92 Å². The van der Waals surface area contributed by atoms with Crippen LogP contribution >= 0.6 is 0 Å². The Balaban J connectivity index is 2.92. The SMILES string of the molecule is [CH]Cc1c[nH]c[n+]1C. The molecule has 0 fully saturated rings. The van der Waals surface area contributed by atoms with Gasteiger partial charge in [0.05, 0.1) is 7.05 Å². The van der Waals surface area contributed by atoms with Crippen LogP contribution in [-0.2, 0) is 13.5 Å². The molecule has 2 nitrogen and oxygen atoms in total. The highest BCUT2D eigenvalue weighted by molar-refractivity contribution is 4.86. The monoisotopic (exact) mass is 109 g/mol. The lowest BCUT2D eigenvalue weighted by Crippen LogP contribution is -2.29. The van der Waals surface area contributed by atoms with Gasteiger partial charge in [-0.05, 0) is 6.92 Å². The number of H-pyrrole nitrogens is 1. The Hall–Kier alpha value is -0.790. The molecule has 0 atom stereocenters. The number of rotatable bonds is 1. The van der Waals surface area contributed by atoms with Crippen LogP contribution in [0, 0.1) is 6.92 Å². The summed E-state index contributed by atoms with van der Waals surface area (Å²) in [4.78, 5) is 2.93. The van der Waals surface area contributed by atoms with Gasteiger partial charge in [0.1, 0.15) is 11.9 Å². The normalized spacial score (nSPS) is 9.75. The second-order valence-corrected chi connectivity index (χ2v) is 1.75. The van der Waals surface area contributed by atoms with Crippen LogP contribution in [-0.4, -0.2) is 4.98 Å². The smallest absolute Gasteiger partial charge is 0.241 e. The molecule has 1 heterocycles. The lowest BCUT2D eigenvalue weighted by atomic mass is 10.4. The molecule has 1 N–H and O–H groups in total. The second kappa shape index (κ2) is 1.99. The first kappa shape index (κ1) is 5.35. The maximum Gasteiger partial charge on any atom is 0.241 e. The number of imidazole rings is 1. The van der Waals surface area contributed by atoms with Crippen molar-refractivity contribution in [1.82, 2.24) is 4.98 Å². The fourth-order valence-electron chi connectivity index (χ4n) is 0.633. The minimum absolute atomic E-state index is 0.597. The largest absolute Gasteiger partial charge is 0.250 e. The summed E-state index contributed by atoms with van der Waals surface area (Å²) in [6.45, 7) is 5.35. The number of hydrogen-bond acceptors (Lipinski definition) is 0. The topological polar surface area (TPSA) is 19.7 Å². The molecule has 42 valence electrons. The molecule has 0 saturated heterocycles.